The summed E-state index contributed by atoms with van der Waals surface area (Å²) < 4.78 is 4.81. The van der Waals surface area contributed by atoms with Gasteiger partial charge in [-0.1, -0.05) is 29.8 Å². The zero-order chi connectivity index (χ0) is 10.6. The molecule has 0 saturated heterocycles. The normalized spacial score (nSPS) is 12.4. The Bertz CT molecular complexity index is 325. The minimum atomic E-state index is -0.979. The summed E-state index contributed by atoms with van der Waals surface area (Å²) in [5, 5.41) is 9.32. The SMILES string of the molecule is CO[C@@H](Cc1ccccc1Cl)C(=O)O. The van der Waals surface area contributed by atoms with Gasteiger partial charge in [0.15, 0.2) is 6.10 Å². The number of rotatable bonds is 4. The van der Waals surface area contributed by atoms with Crippen molar-refractivity contribution in [3.05, 3.63) is 34.9 Å². The van der Waals surface area contributed by atoms with Gasteiger partial charge >= 0.3 is 5.97 Å². The van der Waals surface area contributed by atoms with Crippen LogP contribution in [-0.4, -0.2) is 24.3 Å². The predicted molar refractivity (Wildman–Crippen MR) is 53.6 cm³/mol. The lowest BCUT2D eigenvalue weighted by Crippen LogP contribution is -2.24. The second-order valence-corrected chi connectivity index (χ2v) is 3.27. The van der Waals surface area contributed by atoms with Crippen molar-refractivity contribution in [2.24, 2.45) is 0 Å². The van der Waals surface area contributed by atoms with Crippen molar-refractivity contribution in [3.8, 4) is 0 Å². The first kappa shape index (κ1) is 11.0. The van der Waals surface area contributed by atoms with Gasteiger partial charge in [-0.25, -0.2) is 4.79 Å². The number of hydrogen-bond donors (Lipinski definition) is 1. The van der Waals surface area contributed by atoms with E-state index < -0.39 is 12.1 Å². The van der Waals surface area contributed by atoms with E-state index in [0.717, 1.165) is 5.56 Å². The van der Waals surface area contributed by atoms with Crippen molar-refractivity contribution >= 4 is 17.6 Å². The number of ether oxygens (including phenoxy) is 1. The lowest BCUT2D eigenvalue weighted by molar-refractivity contribution is -0.148. The van der Waals surface area contributed by atoms with E-state index >= 15 is 0 Å². The van der Waals surface area contributed by atoms with E-state index in [1.54, 1.807) is 18.2 Å². The van der Waals surface area contributed by atoms with Crippen LogP contribution in [-0.2, 0) is 16.0 Å². The molecule has 0 radical (unpaired) electrons. The number of aliphatic carboxylic acids is 1. The second kappa shape index (κ2) is 4.98. The molecule has 0 aromatic heterocycles. The van der Waals surface area contributed by atoms with Gasteiger partial charge < -0.3 is 9.84 Å². The van der Waals surface area contributed by atoms with Crippen molar-refractivity contribution < 1.29 is 14.6 Å². The van der Waals surface area contributed by atoms with Crippen LogP contribution in [0.2, 0.25) is 5.02 Å². The van der Waals surface area contributed by atoms with Gasteiger partial charge in [0.1, 0.15) is 0 Å². The molecule has 4 heteroatoms. The van der Waals surface area contributed by atoms with E-state index in [1.807, 2.05) is 6.07 Å². The van der Waals surface area contributed by atoms with E-state index in [4.69, 9.17) is 21.4 Å². The highest BCUT2D eigenvalue weighted by molar-refractivity contribution is 6.31. The Labute approximate surface area is 87.3 Å². The molecular weight excluding hydrogens is 204 g/mol. The average Bonchev–Trinajstić information content (AvgIpc) is 2.16. The first-order valence-electron chi connectivity index (χ1n) is 4.14. The van der Waals surface area contributed by atoms with E-state index in [-0.39, 0.29) is 6.42 Å². The number of benzene rings is 1. The molecule has 1 atom stereocenters. The van der Waals surface area contributed by atoms with Gasteiger partial charge in [0.25, 0.3) is 0 Å². The number of halogens is 1. The van der Waals surface area contributed by atoms with Crippen LogP contribution in [0.4, 0.5) is 0 Å². The number of carboxylic acid groups (broad SMARTS) is 1. The molecule has 0 amide bonds. The minimum absolute atomic E-state index is 0.283. The zero-order valence-electron chi connectivity index (χ0n) is 7.74. The molecule has 3 nitrogen and oxygen atoms in total. The largest absolute Gasteiger partial charge is 0.479 e. The van der Waals surface area contributed by atoms with Crippen molar-refractivity contribution in [1.29, 1.82) is 0 Å². The van der Waals surface area contributed by atoms with Crippen LogP contribution >= 0.6 is 11.6 Å². The average molecular weight is 215 g/mol. The molecule has 76 valence electrons. The number of hydrogen-bond acceptors (Lipinski definition) is 2. The van der Waals surface area contributed by atoms with Crippen molar-refractivity contribution in [1.82, 2.24) is 0 Å². The summed E-state index contributed by atoms with van der Waals surface area (Å²) in [4.78, 5) is 10.7. The van der Waals surface area contributed by atoms with Gasteiger partial charge in [-0.2, -0.15) is 0 Å². The third kappa shape index (κ3) is 2.72. The summed E-state index contributed by atoms with van der Waals surface area (Å²) in [5.74, 6) is -0.979. The topological polar surface area (TPSA) is 46.5 Å². The minimum Gasteiger partial charge on any atom is -0.479 e. The number of methoxy groups -OCH3 is 1. The van der Waals surface area contributed by atoms with Crippen LogP contribution < -0.4 is 0 Å². The van der Waals surface area contributed by atoms with E-state index in [9.17, 15) is 4.79 Å². The summed E-state index contributed by atoms with van der Waals surface area (Å²) in [6, 6.07) is 7.13. The first-order valence-corrected chi connectivity index (χ1v) is 4.52. The maximum absolute atomic E-state index is 10.7. The van der Waals surface area contributed by atoms with Gasteiger partial charge in [0.05, 0.1) is 0 Å². The molecule has 0 unspecified atom stereocenters. The van der Waals surface area contributed by atoms with Crippen LogP contribution in [0.3, 0.4) is 0 Å². The Morgan fingerprint density at radius 1 is 1.57 bits per heavy atom. The van der Waals surface area contributed by atoms with Crippen molar-refractivity contribution in [2.75, 3.05) is 7.11 Å². The Morgan fingerprint density at radius 2 is 2.21 bits per heavy atom. The summed E-state index contributed by atoms with van der Waals surface area (Å²) >= 11 is 5.88. The summed E-state index contributed by atoms with van der Waals surface area (Å²) in [6.45, 7) is 0. The van der Waals surface area contributed by atoms with E-state index in [0.29, 0.717) is 5.02 Å². The smallest absolute Gasteiger partial charge is 0.333 e. The number of carbonyl (C=O) groups is 1. The molecule has 0 aliphatic carbocycles. The Hall–Kier alpha value is -1.06. The molecule has 0 spiro atoms. The monoisotopic (exact) mass is 214 g/mol. The molecule has 1 N–H and O–H groups in total. The Morgan fingerprint density at radius 3 is 2.71 bits per heavy atom. The van der Waals surface area contributed by atoms with Crippen LogP contribution in [0, 0.1) is 0 Å². The molecule has 0 saturated carbocycles. The molecule has 1 aromatic rings. The lowest BCUT2D eigenvalue weighted by Gasteiger charge is -2.10. The predicted octanol–water partition coefficient (Wildman–Crippen LogP) is 1.98. The van der Waals surface area contributed by atoms with Gasteiger partial charge in [-0.3, -0.25) is 0 Å². The third-order valence-electron chi connectivity index (χ3n) is 1.92. The Balaban J connectivity index is 2.77. The fraction of sp³-hybridized carbons (Fsp3) is 0.300. The van der Waals surface area contributed by atoms with Crippen molar-refractivity contribution in [2.45, 2.75) is 12.5 Å². The highest BCUT2D eigenvalue weighted by Crippen LogP contribution is 2.17. The molecule has 0 aliphatic rings. The van der Waals surface area contributed by atoms with Crippen LogP contribution in [0.5, 0.6) is 0 Å². The highest BCUT2D eigenvalue weighted by Gasteiger charge is 2.17. The van der Waals surface area contributed by atoms with Crippen molar-refractivity contribution in [3.63, 3.8) is 0 Å². The van der Waals surface area contributed by atoms with E-state index in [2.05, 4.69) is 0 Å². The fourth-order valence-corrected chi connectivity index (χ4v) is 1.35. The van der Waals surface area contributed by atoms with Crippen LogP contribution in [0.1, 0.15) is 5.56 Å². The molecular formula is C10H11ClO3. The van der Waals surface area contributed by atoms with E-state index in [1.165, 1.54) is 7.11 Å². The summed E-state index contributed by atoms with van der Waals surface area (Å²) in [5.41, 5.74) is 0.781. The summed E-state index contributed by atoms with van der Waals surface area (Å²) in [7, 11) is 1.37. The quantitative estimate of drug-likeness (QED) is 0.834. The molecule has 0 heterocycles. The summed E-state index contributed by atoms with van der Waals surface area (Å²) in [6.07, 6.45) is -0.555. The molecule has 1 aromatic carbocycles. The van der Waals surface area contributed by atoms with Gasteiger partial charge in [-0.05, 0) is 11.6 Å². The molecule has 0 bridgehead atoms. The highest BCUT2D eigenvalue weighted by atomic mass is 35.5. The molecule has 0 fully saturated rings. The van der Waals surface area contributed by atoms with Crippen LogP contribution in [0.15, 0.2) is 24.3 Å². The van der Waals surface area contributed by atoms with Gasteiger partial charge in [-0.15, -0.1) is 0 Å². The zero-order valence-corrected chi connectivity index (χ0v) is 8.49. The standard InChI is InChI=1S/C10H11ClO3/c1-14-9(10(12)13)6-7-4-2-3-5-8(7)11/h2-5,9H,6H2,1H3,(H,12,13)/t9-/m0/s1. The molecule has 14 heavy (non-hydrogen) atoms. The maximum atomic E-state index is 10.7. The molecule has 0 aliphatic heterocycles. The second-order valence-electron chi connectivity index (χ2n) is 2.86. The van der Waals surface area contributed by atoms with Gasteiger partial charge in [0, 0.05) is 18.6 Å². The fourth-order valence-electron chi connectivity index (χ4n) is 1.14. The first-order chi connectivity index (χ1) is 6.65. The van der Waals surface area contributed by atoms with Gasteiger partial charge in [0.2, 0.25) is 0 Å². The van der Waals surface area contributed by atoms with Crippen LogP contribution in [0.25, 0.3) is 0 Å². The Kier molecular flexibility index (Phi) is 3.92. The third-order valence-corrected chi connectivity index (χ3v) is 2.29. The molecule has 1 rings (SSSR count). The maximum Gasteiger partial charge on any atom is 0.333 e. The lowest BCUT2D eigenvalue weighted by atomic mass is 10.1. The number of carboxylic acids is 1.